The summed E-state index contributed by atoms with van der Waals surface area (Å²) in [6.07, 6.45) is 4.77. The lowest BCUT2D eigenvalue weighted by Gasteiger charge is -2.08. The Morgan fingerprint density at radius 1 is 1.12 bits per heavy atom. The predicted octanol–water partition coefficient (Wildman–Crippen LogP) is 2.35. The van der Waals surface area contributed by atoms with E-state index in [0.29, 0.717) is 0 Å². The van der Waals surface area contributed by atoms with Gasteiger partial charge < -0.3 is 15.4 Å². The van der Waals surface area contributed by atoms with Crippen molar-refractivity contribution in [2.45, 2.75) is 20.3 Å². The number of aromatic nitrogens is 1. The van der Waals surface area contributed by atoms with Gasteiger partial charge in [-0.1, -0.05) is 6.92 Å². The molecule has 0 aliphatic heterocycles. The molecule has 4 nitrogen and oxygen atoms in total. The highest BCUT2D eigenvalue weighted by Gasteiger charge is 1.95. The smallest absolute Gasteiger partial charge is 0.0638 e. The van der Waals surface area contributed by atoms with E-state index in [1.165, 1.54) is 0 Å². The summed E-state index contributed by atoms with van der Waals surface area (Å²) in [7, 11) is 0. The molecule has 1 rings (SSSR count). The fourth-order valence-electron chi connectivity index (χ4n) is 1.31. The van der Waals surface area contributed by atoms with Gasteiger partial charge in [0.05, 0.1) is 30.4 Å². The van der Waals surface area contributed by atoms with Crippen molar-refractivity contribution >= 4 is 11.4 Å². The average molecular weight is 223 g/mol. The number of ether oxygens (including phenoxy) is 1. The number of pyridine rings is 1. The Bertz CT molecular complexity index is 291. The zero-order valence-corrected chi connectivity index (χ0v) is 10.1. The topological polar surface area (TPSA) is 46.2 Å². The number of hydrogen-bond donors (Lipinski definition) is 2. The van der Waals surface area contributed by atoms with Crippen molar-refractivity contribution in [1.82, 2.24) is 4.98 Å². The zero-order valence-electron chi connectivity index (χ0n) is 10.1. The molecule has 0 atom stereocenters. The summed E-state index contributed by atoms with van der Waals surface area (Å²) in [5.41, 5.74) is 2.09. The lowest BCUT2D eigenvalue weighted by Crippen LogP contribution is -2.09. The minimum atomic E-state index is 0.725. The zero-order chi connectivity index (χ0) is 11.6. The standard InChI is InChI=1S/C12H21N3O/c1-3-5-14-11-8-12(10-13-9-11)15-6-7-16-4-2/h8-10,14-15H,3-7H2,1-2H3. The van der Waals surface area contributed by atoms with E-state index >= 15 is 0 Å². The summed E-state index contributed by atoms with van der Waals surface area (Å²) in [6, 6.07) is 2.06. The van der Waals surface area contributed by atoms with E-state index < -0.39 is 0 Å². The van der Waals surface area contributed by atoms with E-state index in [1.807, 2.05) is 19.3 Å². The fraction of sp³-hybridized carbons (Fsp3) is 0.583. The molecule has 0 fully saturated rings. The van der Waals surface area contributed by atoms with Gasteiger partial charge in [-0.15, -0.1) is 0 Å². The van der Waals surface area contributed by atoms with Gasteiger partial charge in [0.1, 0.15) is 0 Å². The summed E-state index contributed by atoms with van der Waals surface area (Å²) in [5, 5.41) is 6.57. The van der Waals surface area contributed by atoms with Crippen LogP contribution in [0.4, 0.5) is 11.4 Å². The van der Waals surface area contributed by atoms with E-state index in [2.05, 4.69) is 28.6 Å². The molecule has 1 aromatic heterocycles. The maximum atomic E-state index is 5.25. The van der Waals surface area contributed by atoms with Crippen LogP contribution >= 0.6 is 0 Å². The van der Waals surface area contributed by atoms with E-state index in [-0.39, 0.29) is 0 Å². The molecule has 0 saturated carbocycles. The van der Waals surface area contributed by atoms with Gasteiger partial charge in [-0.3, -0.25) is 4.98 Å². The summed E-state index contributed by atoms with van der Waals surface area (Å²) in [6.45, 7) is 7.42. The molecule has 0 aromatic carbocycles. The largest absolute Gasteiger partial charge is 0.384 e. The van der Waals surface area contributed by atoms with Crippen LogP contribution in [0.3, 0.4) is 0 Å². The third-order valence-electron chi connectivity index (χ3n) is 2.10. The molecule has 0 bridgehead atoms. The number of anilines is 2. The molecule has 0 amide bonds. The molecular weight excluding hydrogens is 202 g/mol. The Labute approximate surface area is 97.4 Å². The first-order chi connectivity index (χ1) is 7.86. The van der Waals surface area contributed by atoms with Crippen molar-refractivity contribution in [3.8, 4) is 0 Å². The van der Waals surface area contributed by atoms with Gasteiger partial charge in [-0.05, 0) is 19.4 Å². The monoisotopic (exact) mass is 223 g/mol. The van der Waals surface area contributed by atoms with E-state index in [1.54, 1.807) is 0 Å². The average Bonchev–Trinajstić information content (AvgIpc) is 2.33. The SMILES string of the molecule is CCCNc1cncc(NCCOCC)c1. The summed E-state index contributed by atoms with van der Waals surface area (Å²) >= 11 is 0. The van der Waals surface area contributed by atoms with Crippen LogP contribution in [0.5, 0.6) is 0 Å². The predicted molar refractivity (Wildman–Crippen MR) is 68.0 cm³/mol. The number of hydrogen-bond acceptors (Lipinski definition) is 4. The molecule has 0 saturated heterocycles. The number of nitrogens with zero attached hydrogens (tertiary/aromatic N) is 1. The van der Waals surface area contributed by atoms with Crippen LogP contribution in [0.2, 0.25) is 0 Å². The van der Waals surface area contributed by atoms with Crippen LogP contribution in [-0.2, 0) is 4.74 Å². The van der Waals surface area contributed by atoms with Crippen molar-refractivity contribution in [2.24, 2.45) is 0 Å². The van der Waals surface area contributed by atoms with Gasteiger partial charge in [-0.25, -0.2) is 0 Å². The molecule has 1 heterocycles. The third kappa shape index (κ3) is 4.98. The lowest BCUT2D eigenvalue weighted by molar-refractivity contribution is 0.158. The highest BCUT2D eigenvalue weighted by Crippen LogP contribution is 2.12. The maximum absolute atomic E-state index is 5.25. The van der Waals surface area contributed by atoms with Gasteiger partial charge in [0.25, 0.3) is 0 Å². The summed E-state index contributed by atoms with van der Waals surface area (Å²) in [5.74, 6) is 0. The van der Waals surface area contributed by atoms with Gasteiger partial charge in [0.15, 0.2) is 0 Å². The van der Waals surface area contributed by atoms with E-state index in [9.17, 15) is 0 Å². The fourth-order valence-corrected chi connectivity index (χ4v) is 1.31. The summed E-state index contributed by atoms with van der Waals surface area (Å²) < 4.78 is 5.25. The Hall–Kier alpha value is -1.29. The molecule has 4 heteroatoms. The highest BCUT2D eigenvalue weighted by molar-refractivity contribution is 5.53. The van der Waals surface area contributed by atoms with Crippen molar-refractivity contribution in [3.05, 3.63) is 18.5 Å². The van der Waals surface area contributed by atoms with E-state index in [0.717, 1.165) is 44.1 Å². The Morgan fingerprint density at radius 2 is 1.81 bits per heavy atom. The van der Waals surface area contributed by atoms with Gasteiger partial charge in [-0.2, -0.15) is 0 Å². The van der Waals surface area contributed by atoms with Crippen molar-refractivity contribution in [1.29, 1.82) is 0 Å². The second kappa shape index (κ2) is 7.93. The van der Waals surface area contributed by atoms with Gasteiger partial charge in [0, 0.05) is 19.7 Å². The lowest BCUT2D eigenvalue weighted by atomic mass is 10.3. The molecule has 0 unspecified atom stereocenters. The van der Waals surface area contributed by atoms with Gasteiger partial charge >= 0.3 is 0 Å². The first-order valence-corrected chi connectivity index (χ1v) is 5.87. The second-order valence-corrected chi connectivity index (χ2v) is 3.51. The van der Waals surface area contributed by atoms with Crippen LogP contribution in [0.25, 0.3) is 0 Å². The summed E-state index contributed by atoms with van der Waals surface area (Å²) in [4.78, 5) is 4.17. The van der Waals surface area contributed by atoms with Crippen LogP contribution in [0, 0.1) is 0 Å². The maximum Gasteiger partial charge on any atom is 0.0638 e. The molecule has 0 aliphatic rings. The first kappa shape index (κ1) is 12.8. The minimum absolute atomic E-state index is 0.725. The Balaban J connectivity index is 2.35. The minimum Gasteiger partial charge on any atom is -0.384 e. The highest BCUT2D eigenvalue weighted by atomic mass is 16.5. The van der Waals surface area contributed by atoms with Gasteiger partial charge in [0.2, 0.25) is 0 Å². The van der Waals surface area contributed by atoms with Crippen LogP contribution in [0.1, 0.15) is 20.3 Å². The third-order valence-corrected chi connectivity index (χ3v) is 2.10. The van der Waals surface area contributed by atoms with E-state index in [4.69, 9.17) is 4.74 Å². The Kier molecular flexibility index (Phi) is 6.33. The molecule has 16 heavy (non-hydrogen) atoms. The van der Waals surface area contributed by atoms with Crippen LogP contribution in [0.15, 0.2) is 18.5 Å². The van der Waals surface area contributed by atoms with Crippen LogP contribution in [-0.4, -0.2) is 31.3 Å². The quantitative estimate of drug-likeness (QED) is 0.664. The molecular formula is C12H21N3O. The number of nitrogens with one attached hydrogen (secondary N) is 2. The second-order valence-electron chi connectivity index (χ2n) is 3.51. The molecule has 0 spiro atoms. The molecule has 2 N–H and O–H groups in total. The van der Waals surface area contributed by atoms with Crippen molar-refractivity contribution in [2.75, 3.05) is 36.9 Å². The van der Waals surface area contributed by atoms with Crippen LogP contribution < -0.4 is 10.6 Å². The normalized spacial score (nSPS) is 10.1. The molecule has 0 radical (unpaired) electrons. The number of rotatable bonds is 8. The Morgan fingerprint density at radius 3 is 2.44 bits per heavy atom. The molecule has 0 aliphatic carbocycles. The first-order valence-electron chi connectivity index (χ1n) is 5.87. The molecule has 1 aromatic rings. The van der Waals surface area contributed by atoms with Crippen molar-refractivity contribution in [3.63, 3.8) is 0 Å². The van der Waals surface area contributed by atoms with Crippen molar-refractivity contribution < 1.29 is 4.74 Å². The molecule has 90 valence electrons.